The number of rotatable bonds is 2. The number of ether oxygens (including phenoxy) is 2. The zero-order valence-corrected chi connectivity index (χ0v) is 23.9. The van der Waals surface area contributed by atoms with Gasteiger partial charge in [0.2, 0.25) is 0 Å². The zero-order valence-electron chi connectivity index (χ0n) is 21.8. The van der Waals surface area contributed by atoms with Gasteiger partial charge in [-0.2, -0.15) is 0 Å². The molecule has 0 aromatic rings. The minimum absolute atomic E-state index is 0. The zero-order chi connectivity index (χ0) is 27.4. The van der Waals surface area contributed by atoms with Crippen LogP contribution < -0.4 is 0 Å². The van der Waals surface area contributed by atoms with Crippen LogP contribution in [0.4, 0.5) is 17.3 Å². The van der Waals surface area contributed by atoms with Crippen molar-refractivity contribution in [1.29, 1.82) is 0 Å². The molecule has 0 aromatic carbocycles. The van der Waals surface area contributed by atoms with Crippen LogP contribution in [0.5, 0.6) is 0 Å². The number of methoxy groups -OCH3 is 2. The minimum Gasteiger partial charge on any atom is 0 e. The van der Waals surface area contributed by atoms with Gasteiger partial charge in [-0.1, -0.05) is 6.92 Å². The Morgan fingerprint density at radius 1 is 0.972 bits per heavy atom. The Bertz CT molecular complexity index is 625. The molecular weight excluding hydrogens is 537 g/mol. The molecule has 5 unspecified atom stereocenters. The number of hydrogen-bond acceptors (Lipinski definition) is 2. The maximum absolute atomic E-state index is 9.75. The van der Waals surface area contributed by atoms with Gasteiger partial charge in [-0.05, 0) is 99.9 Å². The summed E-state index contributed by atoms with van der Waals surface area (Å²) in [5.74, 6) is 5.63. The van der Waals surface area contributed by atoms with Crippen molar-refractivity contribution in [2.24, 2.45) is 23.2 Å². The molecule has 4 rings (SSSR count). The van der Waals surface area contributed by atoms with Crippen LogP contribution in [0.25, 0.3) is 0 Å². The molecule has 0 spiro atoms. The van der Waals surface area contributed by atoms with Gasteiger partial charge in [0, 0.05) is 44.1 Å². The Morgan fingerprint density at radius 2 is 1.50 bits per heavy atom. The van der Waals surface area contributed by atoms with Gasteiger partial charge in [-0.25, -0.2) is 0 Å². The first kappa shape index (κ1) is 38.3. The van der Waals surface area contributed by atoms with E-state index < -0.39 is 7.25 Å². The van der Waals surface area contributed by atoms with Gasteiger partial charge in [-0.15, -0.1) is 7.92 Å². The van der Waals surface area contributed by atoms with Gasteiger partial charge in [0.05, 0.1) is 6.10 Å². The van der Waals surface area contributed by atoms with Crippen LogP contribution in [0, 0.1) is 73.7 Å². The molecular formula is C25H37BF4MnO4P-. The van der Waals surface area contributed by atoms with Crippen molar-refractivity contribution in [1.82, 2.24) is 0 Å². The number of hydrogen-bond donors (Lipinski definition) is 0. The van der Waals surface area contributed by atoms with Crippen LogP contribution in [0.1, 0.15) is 45.4 Å². The fourth-order valence-electron chi connectivity index (χ4n) is 6.02. The van der Waals surface area contributed by atoms with Crippen molar-refractivity contribution in [2.75, 3.05) is 34.2 Å². The first-order valence-electron chi connectivity index (χ1n) is 11.5. The third-order valence-electron chi connectivity index (χ3n) is 7.13. The second-order valence-corrected chi connectivity index (χ2v) is 12.3. The van der Waals surface area contributed by atoms with Gasteiger partial charge >= 0.3 is 29.9 Å². The molecule has 0 aromatic heterocycles. The van der Waals surface area contributed by atoms with E-state index in [1.54, 1.807) is 13.0 Å². The molecule has 36 heavy (non-hydrogen) atoms. The summed E-state index contributed by atoms with van der Waals surface area (Å²) >= 11 is 0. The molecule has 7 radical (unpaired) electrons. The van der Waals surface area contributed by atoms with E-state index in [0.29, 0.717) is 19.4 Å². The first-order valence-corrected chi connectivity index (χ1v) is 14.2. The monoisotopic (exact) mass is 574 g/mol. The number of halogens is 4. The molecule has 0 N–H and O–H groups in total. The van der Waals surface area contributed by atoms with E-state index >= 15 is 0 Å². The smallest absolute Gasteiger partial charge is 0 e. The van der Waals surface area contributed by atoms with Crippen molar-refractivity contribution in [2.45, 2.75) is 51.6 Å². The molecule has 4 saturated carbocycles. The molecule has 5 atom stereocenters. The van der Waals surface area contributed by atoms with Crippen LogP contribution in [0.3, 0.4) is 0 Å². The molecule has 4 aliphatic rings. The predicted molar refractivity (Wildman–Crippen MR) is 129 cm³/mol. The molecule has 205 valence electrons. The maximum Gasteiger partial charge on any atom is 0 e. The average molecular weight is 574 g/mol. The van der Waals surface area contributed by atoms with Gasteiger partial charge < -0.3 is 26.7 Å². The predicted octanol–water partition coefficient (Wildman–Crippen LogP) is 6.77. The van der Waals surface area contributed by atoms with Crippen LogP contribution in [0.2, 0.25) is 0 Å². The van der Waals surface area contributed by atoms with Gasteiger partial charge in [0.1, 0.15) is 6.10 Å². The van der Waals surface area contributed by atoms with Crippen molar-refractivity contribution in [3.63, 3.8) is 0 Å². The molecule has 0 aliphatic heterocycles. The summed E-state index contributed by atoms with van der Waals surface area (Å²) in [6, 6.07) is 0. The summed E-state index contributed by atoms with van der Waals surface area (Å²) in [6.07, 6.45) is 16.1. The quantitative estimate of drug-likeness (QED) is 0.120. The van der Waals surface area contributed by atoms with E-state index in [4.69, 9.17) is 18.8 Å². The van der Waals surface area contributed by atoms with Crippen LogP contribution >= 0.6 is 7.92 Å². The molecule has 0 bridgehead atoms. The summed E-state index contributed by atoms with van der Waals surface area (Å²) < 4.78 is 65.3. The second kappa shape index (κ2) is 18.4. The van der Waals surface area contributed by atoms with Gasteiger partial charge in [0.15, 0.2) is 0 Å². The largest absolute Gasteiger partial charge is 0 e. The van der Waals surface area contributed by atoms with Crippen molar-refractivity contribution in [3.05, 3.63) is 50.5 Å². The van der Waals surface area contributed by atoms with E-state index in [9.17, 15) is 17.3 Å². The van der Waals surface area contributed by atoms with E-state index in [0.717, 1.165) is 23.9 Å². The molecule has 11 heteroatoms. The summed E-state index contributed by atoms with van der Waals surface area (Å²) in [6.45, 7) is 18.2. The molecule has 0 saturated heterocycles. The Balaban J connectivity index is 0. The summed E-state index contributed by atoms with van der Waals surface area (Å²) in [7, 11) is -1.94. The first-order chi connectivity index (χ1) is 16.4. The molecule has 4 fully saturated rings. The van der Waals surface area contributed by atoms with Crippen LogP contribution in [0.15, 0.2) is 0 Å². The normalized spacial score (nSPS) is 31.5. The fraction of sp³-hybridized carbons (Fsp3) is 0.680. The maximum atomic E-state index is 9.75. The second-order valence-electron chi connectivity index (χ2n) is 9.66. The Morgan fingerprint density at radius 3 is 1.97 bits per heavy atom. The molecule has 4 aliphatic carbocycles. The standard InChI is InChI=1S/C20H28O2.C3H9P.2CO.BF4.Mn/c1-20-11-10-16-15-7-5-14(21-2)12-13(15)4-6-17(16)18(20)8-9-19(20)22-3;1-4(2)3;2*1-2;2-1(3,4)5;/h5,7,12,16-19H,4,6,8-11H2,1-3H3;1-3H3;;;;/q;;;;-1;. The van der Waals surface area contributed by atoms with Crippen molar-refractivity contribution in [3.8, 4) is 0 Å². The van der Waals surface area contributed by atoms with Gasteiger partial charge in [-0.3, -0.25) is 0 Å². The van der Waals surface area contributed by atoms with Crippen LogP contribution in [-0.2, 0) is 35.8 Å². The van der Waals surface area contributed by atoms with Gasteiger partial charge in [0.25, 0.3) is 0 Å². The van der Waals surface area contributed by atoms with Crippen molar-refractivity contribution < 1.29 is 53.1 Å². The van der Waals surface area contributed by atoms with E-state index in [2.05, 4.69) is 59.5 Å². The van der Waals surface area contributed by atoms with E-state index in [1.807, 2.05) is 7.11 Å². The number of fused-ring (bicyclic) bond motifs is 5. The summed E-state index contributed by atoms with van der Waals surface area (Å²) in [5, 5.41) is 0. The third-order valence-corrected chi connectivity index (χ3v) is 7.13. The topological polar surface area (TPSA) is 58.3 Å². The Labute approximate surface area is 227 Å². The minimum atomic E-state index is -6.00. The SMILES string of the molecule is CO[C]1[CH][CH][C]2[C]([CH]1)CCC1C2CCC2(C)C(OC)CCC12.CP(C)C.F[B-](F)(F)F.[C-]#[O+].[C-]#[O+].[Mn]. The Kier molecular flexibility index (Phi) is 19.6. The van der Waals surface area contributed by atoms with Crippen LogP contribution in [-0.4, -0.2) is 47.6 Å². The molecule has 4 nitrogen and oxygen atoms in total. The average Bonchev–Trinajstić information content (AvgIpc) is 3.16. The van der Waals surface area contributed by atoms with E-state index in [-0.39, 0.29) is 17.1 Å². The van der Waals surface area contributed by atoms with E-state index in [1.165, 1.54) is 44.4 Å². The summed E-state index contributed by atoms with van der Waals surface area (Å²) in [4.78, 5) is 0. The summed E-state index contributed by atoms with van der Waals surface area (Å²) in [5.41, 5.74) is 0.417. The molecule has 0 heterocycles. The fourth-order valence-corrected chi connectivity index (χ4v) is 6.02. The Hall–Kier alpha value is 0.134. The third kappa shape index (κ3) is 11.5. The molecule has 0 amide bonds. The van der Waals surface area contributed by atoms with Crippen molar-refractivity contribution >= 4 is 15.2 Å².